The van der Waals surface area contributed by atoms with Crippen molar-refractivity contribution in [2.24, 2.45) is 11.8 Å². The monoisotopic (exact) mass is 2050 g/mol. The van der Waals surface area contributed by atoms with Crippen LogP contribution in [0, 0.1) is 45.9 Å². The van der Waals surface area contributed by atoms with Crippen molar-refractivity contribution in [1.82, 2.24) is 52.1 Å². The molecule has 8 N–H and O–H groups in total. The number of fused-ring (bicyclic) bond motifs is 2. The average Bonchev–Trinajstić information content (AvgIpc) is 0.797. The molecule has 0 bridgehead atoms. The van der Waals surface area contributed by atoms with Crippen LogP contribution >= 0.6 is 69.6 Å². The fourth-order valence-electron chi connectivity index (χ4n) is 13.8. The van der Waals surface area contributed by atoms with Crippen molar-refractivity contribution in [2.75, 3.05) is 65.9 Å². The smallest absolute Gasteiger partial charge is 0.408 e. The van der Waals surface area contributed by atoms with E-state index in [4.69, 9.17) is 117 Å². The minimum absolute atomic E-state index is 0.0478. The highest BCUT2D eigenvalue weighted by atomic mass is 35.6. The molecular formula is C92H116Cl6N12O28. The summed E-state index contributed by atoms with van der Waals surface area (Å²) in [5, 5.41) is 56.4. The van der Waals surface area contributed by atoms with E-state index in [1.54, 1.807) is 61.5 Å². The molecule has 754 valence electrons. The standard InChI is InChI=1S/C38H50Cl3N5O10.C23H30N2O6.C16H12N2O7.C15H24Cl3N3O5/c1-22(2)30(31(47)42-24(4)32(48)46-16-8-9-28(45-46)33(49)53-21-38(39,40)41)55-34(50)37(20-52-17-18-54-37)15-14-25-10-11-26-12-13-27(44-29(26)19-25)23(3)43-35(51)56-36(5,6)7;1-15(24-21(28)31-22(2,3)4)18-8-7-17-6-5-16(13-19(17)25-18)9-10-23(20(26)27)14-29-11-12-30-23;1-9-5-3-7-11(17(21)22)13(9)15(19)25-16(20)14-10(2)6-4-8-12(14)18(23)24;1-8(2)11(22)12(23)19-9(3)13(24)21-6-4-5-10(20-21)14(25)26-7-15(16,17)18/h10-15,19,22-24,28,30,45H,8-9,16-18,20-21H2,1-7H3,(H,42,47)(H,43,51);5-8,13,15H,9-12,14H2,1-4H3,(H,24,28)(H,26,27);3-8H,1-2H3;8-11,20,22H,4-7H2,1-3H3,(H,19,23)/b15-14+;;;/t23-,24+,28+,30+,37?;15-,23?;;9-,10-,11-/m11.0/s1. The van der Waals surface area contributed by atoms with E-state index >= 15 is 0 Å². The number of halogens is 6. The van der Waals surface area contributed by atoms with Gasteiger partial charge >= 0.3 is 48.0 Å². The van der Waals surface area contributed by atoms with Crippen LogP contribution in [0.1, 0.15) is 195 Å². The van der Waals surface area contributed by atoms with Crippen molar-refractivity contribution in [1.29, 1.82) is 0 Å². The number of alkyl carbamates (subject to hydrolysis) is 2. The molecule has 4 saturated heterocycles. The fraction of sp³-hybridized carbons (Fsp3) is 0.522. The van der Waals surface area contributed by atoms with Gasteiger partial charge in [-0.25, -0.2) is 39.6 Å². The second-order valence-electron chi connectivity index (χ2n) is 35.4. The quantitative estimate of drug-likeness (QED) is 0.00565. The maximum atomic E-state index is 13.9. The average molecular weight is 2050 g/mol. The predicted octanol–water partition coefficient (Wildman–Crippen LogP) is 12.8. The first-order chi connectivity index (χ1) is 64.4. The maximum absolute atomic E-state index is 13.9. The molecule has 4 aliphatic heterocycles. The number of hydrazine groups is 2. The molecule has 40 nitrogen and oxygen atoms in total. The Bertz CT molecular complexity index is 5330. The molecule has 10 rings (SSSR count). The van der Waals surface area contributed by atoms with Gasteiger partial charge in [0.05, 0.1) is 84.0 Å². The van der Waals surface area contributed by atoms with Crippen molar-refractivity contribution in [3.8, 4) is 0 Å². The number of pyridine rings is 2. The summed E-state index contributed by atoms with van der Waals surface area (Å²) >= 11 is 33.7. The number of hydrogen-bond acceptors (Lipinski definition) is 31. The number of nitrogens with zero attached hydrogens (tertiary/aromatic N) is 6. The van der Waals surface area contributed by atoms with Crippen molar-refractivity contribution in [3.05, 3.63) is 168 Å². The predicted molar refractivity (Wildman–Crippen MR) is 507 cm³/mol. The third kappa shape index (κ3) is 34.9. The van der Waals surface area contributed by atoms with Crippen LogP contribution in [-0.4, -0.2) is 244 Å². The van der Waals surface area contributed by atoms with Crippen molar-refractivity contribution < 1.29 is 125 Å². The second kappa shape index (κ2) is 50.8. The lowest BCUT2D eigenvalue weighted by molar-refractivity contribution is -0.385. The summed E-state index contributed by atoms with van der Waals surface area (Å²) < 4.78 is 50.2. The third-order valence-electron chi connectivity index (χ3n) is 21.0. The van der Waals surface area contributed by atoms with Crippen molar-refractivity contribution in [3.63, 3.8) is 0 Å². The van der Waals surface area contributed by atoms with Crippen LogP contribution < -0.4 is 32.1 Å². The number of nitro benzene ring substituents is 2. The minimum atomic E-state index is -1.79. The Hall–Kier alpha value is -10.9. The van der Waals surface area contributed by atoms with Crippen molar-refractivity contribution >= 4 is 180 Å². The molecule has 4 fully saturated rings. The molecule has 6 aromatic rings. The Kier molecular flexibility index (Phi) is 42.0. The van der Waals surface area contributed by atoms with E-state index in [0.29, 0.717) is 74.1 Å². The summed E-state index contributed by atoms with van der Waals surface area (Å²) in [6.45, 7) is 27.8. The number of aliphatic hydroxyl groups is 1. The van der Waals surface area contributed by atoms with Gasteiger partial charge in [0.2, 0.25) is 19.1 Å². The number of hydrogen-bond donors (Lipinski definition) is 8. The van der Waals surface area contributed by atoms with E-state index in [-0.39, 0.29) is 73.8 Å². The largest absolute Gasteiger partial charge is 0.479 e. The number of aliphatic carboxylic acids is 1. The van der Waals surface area contributed by atoms with Crippen LogP contribution in [-0.2, 0) is 92.1 Å². The first-order valence-corrected chi connectivity index (χ1v) is 46.2. The Morgan fingerprint density at radius 1 is 0.580 bits per heavy atom. The lowest BCUT2D eigenvalue weighted by atomic mass is 9.94. The van der Waals surface area contributed by atoms with Crippen LogP contribution in [0.3, 0.4) is 0 Å². The Morgan fingerprint density at radius 3 is 1.43 bits per heavy atom. The maximum Gasteiger partial charge on any atom is 0.408 e. The van der Waals surface area contributed by atoms with Gasteiger partial charge in [0.15, 0.2) is 11.7 Å². The second-order valence-corrected chi connectivity index (χ2v) is 40.5. The third-order valence-corrected chi connectivity index (χ3v) is 21.6. The molecule has 4 aliphatic rings. The SMILES string of the molecule is CC(C)[C@H](O)C(=O)N[C@@H](C)C(=O)N1CCC[C@@H](C(=O)OCC(Cl)(Cl)Cl)N1.CC(C)[C@H](OC(=O)C1(/C=C/c2ccc3ccc([C@@H](C)NC(=O)OC(C)(C)C)nc3c2)COCCO1)C(=O)N[C@@H](C)C(=O)N1CCC[C@@H](C(=O)OCC(Cl)(Cl)Cl)N1.C[C@@H](NC(=O)OC(C)(C)C)c1ccc2ccc(CCC3(C(=O)O)COCCO3)cc2n1.Cc1cccc([N+](=O)[O-])c1C(=O)OC(=O)c1c(C)cccc1[N+](=O)[O-]. The summed E-state index contributed by atoms with van der Waals surface area (Å²) in [5.41, 5.74) is 4.47. The van der Waals surface area contributed by atoms with E-state index in [2.05, 4.69) is 41.8 Å². The molecule has 6 heterocycles. The van der Waals surface area contributed by atoms with Crippen LogP contribution in [0.5, 0.6) is 0 Å². The number of rotatable bonds is 28. The summed E-state index contributed by atoms with van der Waals surface area (Å²) in [6.07, 6.45) is 2.35. The number of nitro groups is 2. The van der Waals surface area contributed by atoms with Crippen molar-refractivity contribution in [2.45, 2.75) is 228 Å². The summed E-state index contributed by atoms with van der Waals surface area (Å²) in [6, 6.07) is 22.5. The first kappa shape index (κ1) is 114. The normalized spacial score (nSPS) is 18.7. The van der Waals surface area contributed by atoms with Crippen LogP contribution in [0.25, 0.3) is 27.9 Å². The zero-order chi connectivity index (χ0) is 103. The number of aromatic nitrogens is 2. The number of aliphatic hydroxyl groups excluding tert-OH is 1. The van der Waals surface area contributed by atoms with Gasteiger partial charge in [0.1, 0.15) is 65.8 Å². The molecular weight excluding hydrogens is 1930 g/mol. The van der Waals surface area contributed by atoms with Gasteiger partial charge in [-0.3, -0.25) is 69.0 Å². The zero-order valence-corrected chi connectivity index (χ0v) is 83.5. The van der Waals surface area contributed by atoms with E-state index in [1.807, 2.05) is 88.4 Å². The lowest BCUT2D eigenvalue weighted by Crippen LogP contribution is -2.60. The van der Waals surface area contributed by atoms with Gasteiger partial charge in [-0.2, -0.15) is 0 Å². The number of amides is 6. The number of alkyl halides is 6. The highest BCUT2D eigenvalue weighted by molar-refractivity contribution is 6.68. The number of ether oxygens (including phenoxy) is 10. The molecule has 10 atom stereocenters. The highest BCUT2D eigenvalue weighted by Crippen LogP contribution is 2.33. The van der Waals surface area contributed by atoms with Gasteiger partial charge in [0.25, 0.3) is 29.1 Å². The summed E-state index contributed by atoms with van der Waals surface area (Å²) in [5.74, 6) is -8.74. The van der Waals surface area contributed by atoms with Gasteiger partial charge < -0.3 is 78.8 Å². The first-order valence-electron chi connectivity index (χ1n) is 43.9. The molecule has 46 heteroatoms. The van der Waals surface area contributed by atoms with Gasteiger partial charge in [-0.05, 0) is 186 Å². The number of nitrogens with one attached hydrogen (secondary N) is 6. The molecule has 0 radical (unpaired) electrons. The van der Waals surface area contributed by atoms with E-state index in [9.17, 15) is 88.0 Å². The number of carboxylic acid groups (broad SMARTS) is 1. The molecule has 2 unspecified atom stereocenters. The van der Waals surface area contributed by atoms with Gasteiger partial charge in [0, 0.05) is 36.0 Å². The van der Waals surface area contributed by atoms with Gasteiger partial charge in [-0.1, -0.05) is 164 Å². The molecule has 0 saturated carbocycles. The Morgan fingerprint density at radius 2 is 1.02 bits per heavy atom. The molecule has 138 heavy (non-hydrogen) atoms. The Labute approximate surface area is 826 Å². The fourth-order valence-corrected chi connectivity index (χ4v) is 14.1. The van der Waals surface area contributed by atoms with E-state index in [0.717, 1.165) is 34.0 Å². The Balaban J connectivity index is 0.000000268. The number of carbonyl (C=O) groups excluding carboxylic acids is 11. The molecule has 0 spiro atoms. The molecule has 4 aromatic carbocycles. The van der Waals surface area contributed by atoms with Gasteiger partial charge in [-0.15, -0.1) is 0 Å². The van der Waals surface area contributed by atoms with Crippen LogP contribution in [0.4, 0.5) is 21.0 Å². The summed E-state index contributed by atoms with van der Waals surface area (Å²) in [7, 11) is 0. The highest BCUT2D eigenvalue weighted by Gasteiger charge is 2.46. The van der Waals surface area contributed by atoms with Crippen LogP contribution in [0.2, 0.25) is 0 Å². The number of esters is 5. The topological polar surface area (TPSA) is 528 Å². The molecule has 2 aromatic heterocycles. The van der Waals surface area contributed by atoms with E-state index < -0.39 is 184 Å². The van der Waals surface area contributed by atoms with E-state index in [1.165, 1.54) is 68.1 Å². The van der Waals surface area contributed by atoms with Crippen LogP contribution in [0.15, 0.2) is 103 Å². The number of aryl methyl sites for hydroxylation is 3. The number of benzene rings is 4. The molecule has 0 aliphatic carbocycles. The summed E-state index contributed by atoms with van der Waals surface area (Å²) in [4.78, 5) is 180. The molecule has 6 amide bonds. The number of carboxylic acids is 1. The lowest BCUT2D eigenvalue weighted by Gasteiger charge is -2.35. The number of carbonyl (C=O) groups is 12. The minimum Gasteiger partial charge on any atom is -0.479 e. The zero-order valence-electron chi connectivity index (χ0n) is 78.9.